The molecule has 1 aliphatic rings. The van der Waals surface area contributed by atoms with Gasteiger partial charge in [-0.3, -0.25) is 9.58 Å². The van der Waals surface area contributed by atoms with E-state index in [0.29, 0.717) is 6.04 Å². The van der Waals surface area contributed by atoms with Gasteiger partial charge in [0.1, 0.15) is 0 Å². The summed E-state index contributed by atoms with van der Waals surface area (Å²) in [5.74, 6) is 0. The fraction of sp³-hybridized carbons (Fsp3) is 0.727. The Hall–Kier alpha value is -0.830. The molecule has 0 aliphatic carbocycles. The number of aryl methyl sites for hydroxylation is 1. The Kier molecular flexibility index (Phi) is 2.87. The highest BCUT2D eigenvalue weighted by Gasteiger charge is 2.25. The lowest BCUT2D eigenvalue weighted by Crippen LogP contribution is -2.23. The summed E-state index contributed by atoms with van der Waals surface area (Å²) in [6.45, 7) is 7.71. The highest BCUT2D eigenvalue weighted by molar-refractivity contribution is 5.07. The standard InChI is InChI=1S/C11H19N3/c1-3-13-8-5-6-11(13)10-7-9-14(4-2)12-10/h7,9,11H,3-6,8H2,1-2H3. The molecule has 0 saturated carbocycles. The van der Waals surface area contributed by atoms with E-state index >= 15 is 0 Å². The van der Waals surface area contributed by atoms with Gasteiger partial charge >= 0.3 is 0 Å². The van der Waals surface area contributed by atoms with Crippen LogP contribution in [-0.4, -0.2) is 27.8 Å². The largest absolute Gasteiger partial charge is 0.295 e. The van der Waals surface area contributed by atoms with Gasteiger partial charge in [0.25, 0.3) is 0 Å². The number of hydrogen-bond acceptors (Lipinski definition) is 2. The molecule has 0 radical (unpaired) electrons. The number of aromatic nitrogens is 2. The Labute approximate surface area is 85.7 Å². The van der Waals surface area contributed by atoms with E-state index in [1.165, 1.54) is 25.1 Å². The number of hydrogen-bond donors (Lipinski definition) is 0. The molecule has 1 atom stereocenters. The summed E-state index contributed by atoms with van der Waals surface area (Å²) in [5, 5.41) is 4.58. The molecule has 0 amide bonds. The third-order valence-electron chi connectivity index (χ3n) is 3.10. The molecule has 1 saturated heterocycles. The normalized spacial score (nSPS) is 23.1. The molecule has 78 valence electrons. The molecule has 0 N–H and O–H groups in total. The van der Waals surface area contributed by atoms with Crippen molar-refractivity contribution in [3.8, 4) is 0 Å². The van der Waals surface area contributed by atoms with Gasteiger partial charge in [0.2, 0.25) is 0 Å². The first kappa shape index (κ1) is 9.71. The predicted molar refractivity (Wildman–Crippen MR) is 57.1 cm³/mol. The van der Waals surface area contributed by atoms with Crippen LogP contribution in [0.1, 0.15) is 38.4 Å². The summed E-state index contributed by atoms with van der Waals surface area (Å²) in [7, 11) is 0. The lowest BCUT2D eigenvalue weighted by Gasteiger charge is -2.20. The van der Waals surface area contributed by atoms with E-state index in [1.54, 1.807) is 0 Å². The summed E-state index contributed by atoms with van der Waals surface area (Å²) < 4.78 is 2.02. The highest BCUT2D eigenvalue weighted by atomic mass is 15.3. The summed E-state index contributed by atoms with van der Waals surface area (Å²) in [5.41, 5.74) is 1.26. The number of rotatable bonds is 3. The van der Waals surface area contributed by atoms with Crippen molar-refractivity contribution in [1.82, 2.24) is 14.7 Å². The van der Waals surface area contributed by atoms with Gasteiger partial charge < -0.3 is 0 Å². The van der Waals surface area contributed by atoms with Gasteiger partial charge in [-0.1, -0.05) is 6.92 Å². The zero-order valence-corrected chi connectivity index (χ0v) is 9.11. The second-order valence-corrected chi connectivity index (χ2v) is 3.88. The molecule has 0 bridgehead atoms. The van der Waals surface area contributed by atoms with Gasteiger partial charge in [-0.25, -0.2) is 0 Å². The maximum Gasteiger partial charge on any atom is 0.0796 e. The van der Waals surface area contributed by atoms with Crippen LogP contribution in [0.2, 0.25) is 0 Å². The zero-order chi connectivity index (χ0) is 9.97. The fourth-order valence-corrected chi connectivity index (χ4v) is 2.27. The van der Waals surface area contributed by atoms with E-state index in [9.17, 15) is 0 Å². The SMILES string of the molecule is CCN1CCCC1c1ccn(CC)n1. The van der Waals surface area contributed by atoms with Crippen LogP contribution >= 0.6 is 0 Å². The third kappa shape index (κ3) is 1.69. The monoisotopic (exact) mass is 193 g/mol. The molecular formula is C11H19N3. The van der Waals surface area contributed by atoms with Crippen LogP contribution in [-0.2, 0) is 6.54 Å². The van der Waals surface area contributed by atoms with E-state index in [1.807, 2.05) is 4.68 Å². The first-order chi connectivity index (χ1) is 6.85. The van der Waals surface area contributed by atoms with Gasteiger partial charge in [-0.2, -0.15) is 5.10 Å². The number of likely N-dealkylation sites (tertiary alicyclic amines) is 1. The molecular weight excluding hydrogens is 174 g/mol. The van der Waals surface area contributed by atoms with Crippen molar-refractivity contribution in [1.29, 1.82) is 0 Å². The van der Waals surface area contributed by atoms with Gasteiger partial charge in [-0.05, 0) is 38.9 Å². The average molecular weight is 193 g/mol. The molecule has 2 heterocycles. The van der Waals surface area contributed by atoms with Gasteiger partial charge in [0.05, 0.1) is 11.7 Å². The van der Waals surface area contributed by atoms with E-state index in [-0.39, 0.29) is 0 Å². The van der Waals surface area contributed by atoms with Crippen LogP contribution in [0, 0.1) is 0 Å². The topological polar surface area (TPSA) is 21.1 Å². The van der Waals surface area contributed by atoms with Crippen molar-refractivity contribution in [2.45, 2.75) is 39.3 Å². The molecule has 0 aromatic carbocycles. The van der Waals surface area contributed by atoms with Crippen LogP contribution in [0.5, 0.6) is 0 Å². The number of nitrogens with zero attached hydrogens (tertiary/aromatic N) is 3. The van der Waals surface area contributed by atoms with E-state index in [0.717, 1.165) is 13.1 Å². The van der Waals surface area contributed by atoms with Crippen molar-refractivity contribution >= 4 is 0 Å². The zero-order valence-electron chi connectivity index (χ0n) is 9.11. The Bertz CT molecular complexity index is 292. The summed E-state index contributed by atoms with van der Waals surface area (Å²) in [6, 6.07) is 2.75. The van der Waals surface area contributed by atoms with E-state index in [4.69, 9.17) is 0 Å². The third-order valence-corrected chi connectivity index (χ3v) is 3.10. The molecule has 3 nitrogen and oxygen atoms in total. The van der Waals surface area contributed by atoms with Crippen LogP contribution in [0.3, 0.4) is 0 Å². The van der Waals surface area contributed by atoms with Crippen LogP contribution in [0.15, 0.2) is 12.3 Å². The molecule has 3 heteroatoms. The van der Waals surface area contributed by atoms with Crippen molar-refractivity contribution in [2.24, 2.45) is 0 Å². The summed E-state index contributed by atoms with van der Waals surface area (Å²) in [6.07, 6.45) is 4.67. The Balaban J connectivity index is 2.13. The van der Waals surface area contributed by atoms with Crippen LogP contribution < -0.4 is 0 Å². The highest BCUT2D eigenvalue weighted by Crippen LogP contribution is 2.29. The van der Waals surface area contributed by atoms with Crippen molar-refractivity contribution in [3.05, 3.63) is 18.0 Å². The van der Waals surface area contributed by atoms with Crippen LogP contribution in [0.4, 0.5) is 0 Å². The average Bonchev–Trinajstić information content (AvgIpc) is 2.85. The first-order valence-electron chi connectivity index (χ1n) is 5.62. The maximum atomic E-state index is 4.58. The van der Waals surface area contributed by atoms with Crippen molar-refractivity contribution in [3.63, 3.8) is 0 Å². The smallest absolute Gasteiger partial charge is 0.0796 e. The minimum Gasteiger partial charge on any atom is -0.295 e. The van der Waals surface area contributed by atoms with Gasteiger partial charge in [0, 0.05) is 12.7 Å². The molecule has 1 fully saturated rings. The Morgan fingerprint density at radius 1 is 1.43 bits per heavy atom. The minimum absolute atomic E-state index is 0.577. The Morgan fingerprint density at radius 3 is 2.93 bits per heavy atom. The molecule has 1 unspecified atom stereocenters. The second-order valence-electron chi connectivity index (χ2n) is 3.88. The predicted octanol–water partition coefficient (Wildman–Crippen LogP) is 2.06. The van der Waals surface area contributed by atoms with E-state index < -0.39 is 0 Å². The minimum atomic E-state index is 0.577. The molecule has 0 spiro atoms. The van der Waals surface area contributed by atoms with Crippen molar-refractivity contribution in [2.75, 3.05) is 13.1 Å². The quantitative estimate of drug-likeness (QED) is 0.732. The van der Waals surface area contributed by atoms with E-state index in [2.05, 4.69) is 36.1 Å². The molecule has 2 rings (SSSR count). The van der Waals surface area contributed by atoms with Crippen LogP contribution in [0.25, 0.3) is 0 Å². The van der Waals surface area contributed by atoms with Gasteiger partial charge in [-0.15, -0.1) is 0 Å². The molecule has 14 heavy (non-hydrogen) atoms. The lowest BCUT2D eigenvalue weighted by atomic mass is 10.1. The lowest BCUT2D eigenvalue weighted by molar-refractivity contribution is 0.265. The fourth-order valence-electron chi connectivity index (χ4n) is 2.27. The second kappa shape index (κ2) is 4.13. The van der Waals surface area contributed by atoms with Gasteiger partial charge in [0.15, 0.2) is 0 Å². The Morgan fingerprint density at radius 2 is 2.29 bits per heavy atom. The molecule has 1 aromatic heterocycles. The summed E-state index contributed by atoms with van der Waals surface area (Å²) in [4.78, 5) is 2.52. The molecule has 1 aliphatic heterocycles. The summed E-state index contributed by atoms with van der Waals surface area (Å²) >= 11 is 0. The first-order valence-corrected chi connectivity index (χ1v) is 5.62. The van der Waals surface area contributed by atoms with Crippen molar-refractivity contribution < 1.29 is 0 Å². The maximum absolute atomic E-state index is 4.58. The molecule has 1 aromatic rings.